The minimum atomic E-state index is -0.264. The highest BCUT2D eigenvalue weighted by Crippen LogP contribution is 2.25. The molecule has 0 aliphatic carbocycles. The summed E-state index contributed by atoms with van der Waals surface area (Å²) in [5.74, 6) is -0.0341. The Labute approximate surface area is 160 Å². The number of halogens is 1. The summed E-state index contributed by atoms with van der Waals surface area (Å²) in [4.78, 5) is 19.2. The van der Waals surface area contributed by atoms with Gasteiger partial charge in [0.05, 0.1) is 28.5 Å². The van der Waals surface area contributed by atoms with Gasteiger partial charge < -0.3 is 5.32 Å². The molecule has 0 spiro atoms. The Balaban J connectivity index is 1.66. The summed E-state index contributed by atoms with van der Waals surface area (Å²) >= 11 is 5.17. The predicted octanol–water partition coefficient (Wildman–Crippen LogP) is 4.83. The average Bonchev–Trinajstić information content (AvgIpc) is 2.98. The Morgan fingerprint density at radius 2 is 2.08 bits per heavy atom. The van der Waals surface area contributed by atoms with Crippen LogP contribution >= 0.6 is 27.3 Å². The van der Waals surface area contributed by atoms with Crippen LogP contribution in [0.4, 0.5) is 5.69 Å². The molecule has 0 radical (unpaired) electrons. The zero-order chi connectivity index (χ0) is 18.0. The van der Waals surface area contributed by atoms with E-state index >= 15 is 0 Å². The molecule has 6 heteroatoms. The number of anilines is 1. The fourth-order valence-corrected chi connectivity index (χ4v) is 4.12. The molecule has 1 atom stereocenters. The lowest BCUT2D eigenvalue weighted by Gasteiger charge is -2.23. The summed E-state index contributed by atoms with van der Waals surface area (Å²) in [6, 6.07) is 13.7. The molecule has 0 unspecified atom stereocenters. The summed E-state index contributed by atoms with van der Waals surface area (Å²) in [6.45, 7) is 4.57. The molecule has 0 saturated heterocycles. The molecule has 3 aromatic rings. The maximum atomic E-state index is 12.6. The van der Waals surface area contributed by atoms with E-state index in [0.717, 1.165) is 26.2 Å². The van der Waals surface area contributed by atoms with Gasteiger partial charge >= 0.3 is 0 Å². The number of aromatic nitrogens is 1. The number of nitrogens with zero attached hydrogens (tertiary/aromatic N) is 2. The summed E-state index contributed by atoms with van der Waals surface area (Å²) < 4.78 is 2.06. The van der Waals surface area contributed by atoms with Crippen LogP contribution in [0.15, 0.2) is 46.9 Å². The third-order valence-electron chi connectivity index (χ3n) is 4.15. The Morgan fingerprint density at radius 3 is 2.80 bits per heavy atom. The highest BCUT2D eigenvalue weighted by Gasteiger charge is 2.20. The zero-order valence-electron chi connectivity index (χ0n) is 14.4. The van der Waals surface area contributed by atoms with E-state index in [1.54, 1.807) is 11.3 Å². The van der Waals surface area contributed by atoms with Crippen molar-refractivity contribution in [3.8, 4) is 0 Å². The van der Waals surface area contributed by atoms with Crippen molar-refractivity contribution in [1.82, 2.24) is 9.88 Å². The molecule has 1 N–H and O–H groups in total. The van der Waals surface area contributed by atoms with Crippen LogP contribution in [-0.2, 0) is 11.3 Å². The van der Waals surface area contributed by atoms with E-state index in [0.29, 0.717) is 6.54 Å². The van der Waals surface area contributed by atoms with Crippen molar-refractivity contribution in [2.75, 3.05) is 12.4 Å². The summed E-state index contributed by atoms with van der Waals surface area (Å²) in [7, 11) is 1.94. The molecular weight excluding hydrogens is 398 g/mol. The van der Waals surface area contributed by atoms with Crippen LogP contribution in [0.3, 0.4) is 0 Å². The summed E-state index contributed by atoms with van der Waals surface area (Å²) in [6.07, 6.45) is 0. The second kappa shape index (κ2) is 7.64. The lowest BCUT2D eigenvalue weighted by atomic mass is 10.2. The van der Waals surface area contributed by atoms with E-state index < -0.39 is 0 Å². The van der Waals surface area contributed by atoms with Crippen molar-refractivity contribution in [2.24, 2.45) is 0 Å². The van der Waals surface area contributed by atoms with Crippen molar-refractivity contribution in [3.63, 3.8) is 0 Å². The smallest absolute Gasteiger partial charge is 0.241 e. The summed E-state index contributed by atoms with van der Waals surface area (Å²) in [5, 5.41) is 4.00. The van der Waals surface area contributed by atoms with Gasteiger partial charge in [-0.25, -0.2) is 4.98 Å². The number of thiazole rings is 1. The second-order valence-electron chi connectivity index (χ2n) is 6.14. The highest BCUT2D eigenvalue weighted by molar-refractivity contribution is 9.10. The fraction of sp³-hybridized carbons (Fsp3) is 0.263. The molecule has 0 aliphatic rings. The number of para-hydroxylation sites is 1. The maximum Gasteiger partial charge on any atom is 0.241 e. The van der Waals surface area contributed by atoms with Crippen LogP contribution in [0.25, 0.3) is 10.2 Å². The van der Waals surface area contributed by atoms with Gasteiger partial charge in [-0.2, -0.15) is 0 Å². The topological polar surface area (TPSA) is 45.2 Å². The number of nitrogens with one attached hydrogen (secondary N) is 1. The molecule has 1 heterocycles. The van der Waals surface area contributed by atoms with Gasteiger partial charge in [-0.05, 0) is 66.7 Å². The van der Waals surface area contributed by atoms with Gasteiger partial charge in [-0.1, -0.05) is 18.2 Å². The number of benzene rings is 2. The number of hydrogen-bond donors (Lipinski definition) is 1. The second-order valence-corrected chi connectivity index (χ2v) is 8.11. The van der Waals surface area contributed by atoms with Crippen molar-refractivity contribution >= 4 is 49.1 Å². The molecular formula is C19H20BrN3OS. The first-order valence-corrected chi connectivity index (χ1v) is 9.66. The molecule has 4 nitrogen and oxygen atoms in total. The van der Waals surface area contributed by atoms with Crippen LogP contribution in [0.2, 0.25) is 0 Å². The van der Waals surface area contributed by atoms with Crippen molar-refractivity contribution in [3.05, 3.63) is 57.5 Å². The van der Waals surface area contributed by atoms with Crippen LogP contribution in [0, 0.1) is 6.92 Å². The van der Waals surface area contributed by atoms with E-state index in [-0.39, 0.29) is 11.9 Å². The molecule has 25 heavy (non-hydrogen) atoms. The Morgan fingerprint density at radius 1 is 1.32 bits per heavy atom. The SMILES string of the molecule is Cc1ccc(NC(=O)[C@@H](C)N(C)Cc2nc3ccccc3s2)c(Br)c1. The van der Waals surface area contributed by atoms with Gasteiger partial charge in [0, 0.05) is 4.47 Å². The number of amides is 1. The lowest BCUT2D eigenvalue weighted by molar-refractivity contribution is -0.120. The van der Waals surface area contributed by atoms with Crippen molar-refractivity contribution in [1.29, 1.82) is 0 Å². The number of aryl methyl sites for hydroxylation is 1. The lowest BCUT2D eigenvalue weighted by Crippen LogP contribution is -2.39. The Bertz CT molecular complexity index is 876. The van der Waals surface area contributed by atoms with Crippen LogP contribution in [-0.4, -0.2) is 28.9 Å². The third kappa shape index (κ3) is 4.26. The van der Waals surface area contributed by atoms with Crippen LogP contribution in [0.5, 0.6) is 0 Å². The average molecular weight is 418 g/mol. The molecule has 1 aromatic heterocycles. The van der Waals surface area contributed by atoms with Crippen LogP contribution in [0.1, 0.15) is 17.5 Å². The quantitative estimate of drug-likeness (QED) is 0.646. The minimum absolute atomic E-state index is 0.0341. The van der Waals surface area contributed by atoms with Crippen molar-refractivity contribution < 1.29 is 4.79 Å². The molecule has 0 fully saturated rings. The van der Waals surface area contributed by atoms with Gasteiger partial charge in [0.15, 0.2) is 0 Å². The van der Waals surface area contributed by atoms with Crippen molar-refractivity contribution in [2.45, 2.75) is 26.4 Å². The molecule has 0 bridgehead atoms. The van der Waals surface area contributed by atoms with Gasteiger partial charge in [0.25, 0.3) is 0 Å². The number of likely N-dealkylation sites (N-methyl/N-ethyl adjacent to an activating group) is 1. The van der Waals surface area contributed by atoms with E-state index in [1.165, 1.54) is 4.70 Å². The predicted molar refractivity (Wildman–Crippen MR) is 108 cm³/mol. The number of fused-ring (bicyclic) bond motifs is 1. The van der Waals surface area contributed by atoms with E-state index in [1.807, 2.05) is 62.2 Å². The van der Waals surface area contributed by atoms with E-state index in [9.17, 15) is 4.79 Å². The number of carbonyl (C=O) groups is 1. The first kappa shape index (κ1) is 18.0. The summed E-state index contributed by atoms with van der Waals surface area (Å²) in [5.41, 5.74) is 2.94. The van der Waals surface area contributed by atoms with E-state index in [4.69, 9.17) is 0 Å². The number of hydrogen-bond acceptors (Lipinski definition) is 4. The molecule has 0 aliphatic heterocycles. The van der Waals surface area contributed by atoms with E-state index in [2.05, 4.69) is 32.3 Å². The first-order chi connectivity index (χ1) is 11.9. The molecule has 130 valence electrons. The van der Waals surface area contributed by atoms with Crippen LogP contribution < -0.4 is 5.32 Å². The monoisotopic (exact) mass is 417 g/mol. The largest absolute Gasteiger partial charge is 0.324 e. The van der Waals surface area contributed by atoms with Gasteiger partial charge in [0.1, 0.15) is 5.01 Å². The normalized spacial score (nSPS) is 12.5. The molecule has 0 saturated carbocycles. The Hall–Kier alpha value is -1.76. The maximum absolute atomic E-state index is 12.6. The number of carbonyl (C=O) groups excluding carboxylic acids is 1. The van der Waals surface area contributed by atoms with Gasteiger partial charge in [-0.3, -0.25) is 9.69 Å². The molecule has 1 amide bonds. The zero-order valence-corrected chi connectivity index (χ0v) is 16.8. The number of rotatable bonds is 5. The fourth-order valence-electron chi connectivity index (χ4n) is 2.50. The standard InChI is InChI=1S/C19H20BrN3OS/c1-12-8-9-15(14(20)10-12)22-19(24)13(2)23(3)11-18-21-16-6-4-5-7-17(16)25-18/h4-10,13H,11H2,1-3H3,(H,22,24)/t13-/m1/s1. The Kier molecular flexibility index (Phi) is 5.51. The molecule has 2 aromatic carbocycles. The first-order valence-electron chi connectivity index (χ1n) is 8.06. The highest BCUT2D eigenvalue weighted by atomic mass is 79.9. The minimum Gasteiger partial charge on any atom is -0.324 e. The molecule has 3 rings (SSSR count). The van der Waals surface area contributed by atoms with Gasteiger partial charge in [0.2, 0.25) is 5.91 Å². The van der Waals surface area contributed by atoms with Gasteiger partial charge in [-0.15, -0.1) is 11.3 Å². The third-order valence-corrected chi connectivity index (χ3v) is 5.82.